The van der Waals surface area contributed by atoms with Crippen molar-refractivity contribution in [2.45, 2.75) is 114 Å². The van der Waals surface area contributed by atoms with Crippen molar-refractivity contribution in [1.82, 2.24) is 0 Å². The van der Waals surface area contributed by atoms with Crippen LogP contribution in [0.4, 0.5) is 0 Å². The molecule has 0 aromatic carbocycles. The topological polar surface area (TPSA) is 254 Å². The molecule has 300 valence electrons. The lowest BCUT2D eigenvalue weighted by Gasteiger charge is -2.67. The number of allylic oxidation sites excluding steroid dienone is 3. The standard InChI is InChI=1S/C37H50O17/c1-14(34(5,6)54-17(4)39)9-15(2)50-27-29-36-13-49-37(29,33(47)48-8)30(45)26(44)28(36)35(7)11-19(22(40)16(3)18(35)10-21(36)53-31(27)46)51-32-25(43)24(42)23(41)20(12-38)52-32/h9,11,16,18,20-21,23-30,32,38,41-45H,2,10,12-13H2,1,3-8H3. The number of aliphatic hydroxyl groups is 6. The third-order valence-electron chi connectivity index (χ3n) is 12.9. The number of rotatable bonds is 9. The minimum Gasteiger partial charge on any atom is -0.479 e. The maximum atomic E-state index is 14.0. The van der Waals surface area contributed by atoms with Crippen molar-refractivity contribution >= 4 is 23.7 Å². The molecule has 6 rings (SSSR count). The zero-order valence-corrected chi connectivity index (χ0v) is 31.2. The summed E-state index contributed by atoms with van der Waals surface area (Å²) < 4.78 is 40.5. The van der Waals surface area contributed by atoms with E-state index < -0.39 is 131 Å². The van der Waals surface area contributed by atoms with Crippen molar-refractivity contribution in [2.75, 3.05) is 20.3 Å². The van der Waals surface area contributed by atoms with Gasteiger partial charge in [0.2, 0.25) is 18.0 Å². The highest BCUT2D eigenvalue weighted by Gasteiger charge is 2.85. The van der Waals surface area contributed by atoms with Gasteiger partial charge in [-0.25, -0.2) is 9.59 Å². The number of methoxy groups -OCH3 is 1. The lowest BCUT2D eigenvalue weighted by Crippen LogP contribution is -2.79. The molecule has 0 aromatic rings. The molecule has 3 saturated heterocycles. The number of hydrogen-bond acceptors (Lipinski definition) is 17. The fraction of sp³-hybridized carbons (Fsp3) is 0.730. The minimum atomic E-state index is -2.32. The molecule has 6 aliphatic rings. The maximum absolute atomic E-state index is 14.0. The number of aliphatic hydroxyl groups excluding tert-OH is 6. The van der Waals surface area contributed by atoms with Crippen LogP contribution >= 0.6 is 0 Å². The van der Waals surface area contributed by atoms with E-state index in [9.17, 15) is 49.8 Å². The normalized spacial score (nSPS) is 45.6. The van der Waals surface area contributed by atoms with Crippen molar-refractivity contribution in [3.63, 3.8) is 0 Å². The summed E-state index contributed by atoms with van der Waals surface area (Å²) >= 11 is 0. The van der Waals surface area contributed by atoms with Crippen LogP contribution in [0.3, 0.4) is 0 Å². The average Bonchev–Trinajstić information content (AvgIpc) is 3.41. The van der Waals surface area contributed by atoms with Crippen LogP contribution in [0, 0.1) is 34.5 Å². The highest BCUT2D eigenvalue weighted by atomic mass is 16.7. The third kappa shape index (κ3) is 5.64. The van der Waals surface area contributed by atoms with Gasteiger partial charge in [-0.05, 0) is 56.3 Å². The molecular weight excluding hydrogens is 716 g/mol. The maximum Gasteiger partial charge on any atom is 0.348 e. The van der Waals surface area contributed by atoms with E-state index in [4.69, 9.17) is 33.2 Å². The SMILES string of the molecule is C=C(C=C(C)C(C)(C)OC(C)=O)OC1C(=O)OC2CC3C(C)C(=O)C(OC4OC(CO)C(O)C(O)C4O)=CC3(C)C3C(O)C(O)C4(C(=O)OC)OCC23C14. The number of fused-ring (bicyclic) bond motifs is 2. The van der Waals surface area contributed by atoms with Crippen molar-refractivity contribution < 1.29 is 83.0 Å². The van der Waals surface area contributed by atoms with E-state index in [1.807, 2.05) is 0 Å². The quantitative estimate of drug-likeness (QED) is 0.0708. The van der Waals surface area contributed by atoms with Crippen molar-refractivity contribution in [1.29, 1.82) is 0 Å². The van der Waals surface area contributed by atoms with Gasteiger partial charge in [0.05, 0.1) is 32.3 Å². The number of carbonyl (C=O) groups excluding carboxylic acids is 4. The average molecular weight is 767 g/mol. The van der Waals surface area contributed by atoms with Gasteiger partial charge < -0.3 is 63.8 Å². The molecule has 16 atom stereocenters. The smallest absolute Gasteiger partial charge is 0.348 e. The Balaban J connectivity index is 1.45. The van der Waals surface area contributed by atoms with Crippen LogP contribution in [0.25, 0.3) is 0 Å². The summed E-state index contributed by atoms with van der Waals surface area (Å²) in [5.74, 6) is -7.39. The second-order valence-corrected chi connectivity index (χ2v) is 16.1. The molecule has 17 heteroatoms. The molecule has 16 unspecified atom stereocenters. The van der Waals surface area contributed by atoms with E-state index in [1.54, 1.807) is 34.6 Å². The predicted molar refractivity (Wildman–Crippen MR) is 179 cm³/mol. The summed E-state index contributed by atoms with van der Waals surface area (Å²) in [4.78, 5) is 53.5. The predicted octanol–water partition coefficient (Wildman–Crippen LogP) is -1.06. The molecular formula is C37H50O17. The van der Waals surface area contributed by atoms with Crippen LogP contribution in [0.2, 0.25) is 0 Å². The van der Waals surface area contributed by atoms with Crippen LogP contribution in [-0.2, 0) is 52.3 Å². The Bertz CT molecular complexity index is 1650. The van der Waals surface area contributed by atoms with Crippen molar-refractivity contribution in [2.24, 2.45) is 34.5 Å². The molecule has 17 nitrogen and oxygen atoms in total. The minimum absolute atomic E-state index is 0.0542. The van der Waals surface area contributed by atoms with Crippen LogP contribution in [0.15, 0.2) is 35.8 Å². The van der Waals surface area contributed by atoms with Gasteiger partial charge in [-0.3, -0.25) is 9.59 Å². The number of Topliss-reactive ketones (excluding diaryl/α,β-unsaturated/α-hetero) is 1. The lowest BCUT2D eigenvalue weighted by atomic mass is 9.38. The van der Waals surface area contributed by atoms with Gasteiger partial charge in [0.1, 0.15) is 48.0 Å². The van der Waals surface area contributed by atoms with E-state index in [-0.39, 0.29) is 24.5 Å². The Morgan fingerprint density at radius 1 is 1.06 bits per heavy atom. The van der Waals surface area contributed by atoms with E-state index in [0.717, 1.165) is 7.11 Å². The number of carbonyl (C=O) groups is 4. The van der Waals surface area contributed by atoms with Crippen LogP contribution in [0.5, 0.6) is 0 Å². The van der Waals surface area contributed by atoms with Gasteiger partial charge in [0.25, 0.3) is 0 Å². The number of ketones is 1. The van der Waals surface area contributed by atoms with E-state index in [1.165, 1.54) is 19.1 Å². The molecule has 3 aliphatic carbocycles. The first-order valence-electron chi connectivity index (χ1n) is 17.9. The molecule has 54 heavy (non-hydrogen) atoms. The zero-order chi connectivity index (χ0) is 40.0. The van der Waals surface area contributed by atoms with Gasteiger partial charge in [-0.1, -0.05) is 20.4 Å². The number of esters is 3. The van der Waals surface area contributed by atoms with Crippen molar-refractivity contribution in [3.8, 4) is 0 Å². The first kappa shape index (κ1) is 40.2. The summed E-state index contributed by atoms with van der Waals surface area (Å²) in [6, 6.07) is 0. The van der Waals surface area contributed by atoms with Crippen LogP contribution in [-0.4, -0.2) is 141 Å². The largest absolute Gasteiger partial charge is 0.479 e. The Labute approximate surface area is 311 Å². The van der Waals surface area contributed by atoms with Crippen molar-refractivity contribution in [3.05, 3.63) is 35.8 Å². The Hall–Kier alpha value is -3.42. The third-order valence-corrected chi connectivity index (χ3v) is 12.9. The highest BCUT2D eigenvalue weighted by Crippen LogP contribution is 2.72. The molecule has 3 heterocycles. The molecule has 0 radical (unpaired) electrons. The first-order chi connectivity index (χ1) is 25.1. The Morgan fingerprint density at radius 3 is 2.33 bits per heavy atom. The highest BCUT2D eigenvalue weighted by molar-refractivity contribution is 5.96. The molecule has 0 amide bonds. The summed E-state index contributed by atoms with van der Waals surface area (Å²) in [5.41, 5.74) is -5.64. The van der Waals surface area contributed by atoms with Crippen LogP contribution < -0.4 is 0 Å². The van der Waals surface area contributed by atoms with E-state index in [2.05, 4.69) is 6.58 Å². The first-order valence-corrected chi connectivity index (χ1v) is 17.9. The molecule has 2 bridgehead atoms. The molecule has 1 spiro atoms. The van der Waals surface area contributed by atoms with Gasteiger partial charge in [-0.15, -0.1) is 0 Å². The number of hydrogen-bond donors (Lipinski definition) is 6. The Kier molecular flexibility index (Phi) is 10.2. The summed E-state index contributed by atoms with van der Waals surface area (Å²) in [5, 5.41) is 65.3. The number of ether oxygens (including phenoxy) is 7. The Morgan fingerprint density at radius 2 is 1.72 bits per heavy atom. The molecule has 5 fully saturated rings. The van der Waals surface area contributed by atoms with Gasteiger partial charge >= 0.3 is 17.9 Å². The molecule has 0 aromatic heterocycles. The zero-order valence-electron chi connectivity index (χ0n) is 31.2. The van der Waals surface area contributed by atoms with Gasteiger partial charge in [0, 0.05) is 24.2 Å². The summed E-state index contributed by atoms with van der Waals surface area (Å²) in [7, 11) is 1.07. The summed E-state index contributed by atoms with van der Waals surface area (Å²) in [6.45, 7) is 12.5. The van der Waals surface area contributed by atoms with Gasteiger partial charge in [-0.2, -0.15) is 0 Å². The van der Waals surface area contributed by atoms with E-state index in [0.29, 0.717) is 5.57 Å². The second kappa shape index (κ2) is 13.7. The fourth-order valence-electron chi connectivity index (χ4n) is 10.2. The second-order valence-electron chi connectivity index (χ2n) is 16.1. The van der Waals surface area contributed by atoms with E-state index >= 15 is 0 Å². The molecule has 3 aliphatic heterocycles. The van der Waals surface area contributed by atoms with Gasteiger partial charge in [0.15, 0.2) is 11.5 Å². The summed E-state index contributed by atoms with van der Waals surface area (Å²) in [6.07, 6.45) is -11.8. The molecule has 2 saturated carbocycles. The monoisotopic (exact) mass is 766 g/mol. The van der Waals surface area contributed by atoms with Crippen LogP contribution in [0.1, 0.15) is 48.0 Å². The molecule has 6 N–H and O–H groups in total. The fourth-order valence-corrected chi connectivity index (χ4v) is 10.2. The lowest BCUT2D eigenvalue weighted by molar-refractivity contribution is -0.296.